The number of benzene rings is 1. The average Bonchev–Trinajstić information content (AvgIpc) is 2.74. The molecule has 1 amide bonds. The van der Waals surface area contributed by atoms with Crippen LogP contribution in [0.1, 0.15) is 22.3 Å². The number of hydroxylamine groups is 2. The van der Waals surface area contributed by atoms with Crippen molar-refractivity contribution in [3.63, 3.8) is 0 Å². The normalized spacial score (nSPS) is 15.7. The summed E-state index contributed by atoms with van der Waals surface area (Å²) in [4.78, 5) is 17.0. The lowest BCUT2D eigenvalue weighted by molar-refractivity contribution is -0.0768. The van der Waals surface area contributed by atoms with Crippen LogP contribution in [0.4, 0.5) is 0 Å². The van der Waals surface area contributed by atoms with Crippen molar-refractivity contribution in [1.82, 2.24) is 5.06 Å². The maximum Gasteiger partial charge on any atom is 0.277 e. The summed E-state index contributed by atoms with van der Waals surface area (Å²) in [6.45, 7) is 3.18. The standard InChI is InChI=1S/C11H12ClNO2/c1-8-3-4-9(7-10(8)12)11(14)13-5-2-6-15-13/h3-4,7H,2,5-6H2,1H3. The van der Waals surface area contributed by atoms with Gasteiger partial charge in [-0.25, -0.2) is 5.06 Å². The summed E-state index contributed by atoms with van der Waals surface area (Å²) in [5.41, 5.74) is 1.54. The number of aryl methyl sites for hydroxylation is 1. The molecule has 80 valence electrons. The molecular weight excluding hydrogens is 214 g/mol. The zero-order valence-electron chi connectivity index (χ0n) is 8.50. The van der Waals surface area contributed by atoms with Crippen LogP contribution >= 0.6 is 11.6 Å². The van der Waals surface area contributed by atoms with Crippen LogP contribution in [-0.4, -0.2) is 24.1 Å². The van der Waals surface area contributed by atoms with Gasteiger partial charge < -0.3 is 0 Å². The molecule has 4 heteroatoms. The Morgan fingerprint density at radius 3 is 2.93 bits per heavy atom. The molecule has 1 aromatic carbocycles. The van der Waals surface area contributed by atoms with E-state index in [1.54, 1.807) is 12.1 Å². The summed E-state index contributed by atoms with van der Waals surface area (Å²) < 4.78 is 0. The van der Waals surface area contributed by atoms with Crippen molar-refractivity contribution in [2.75, 3.05) is 13.2 Å². The highest BCUT2D eigenvalue weighted by atomic mass is 35.5. The molecule has 1 fully saturated rings. The number of hydrogen-bond donors (Lipinski definition) is 0. The molecule has 1 aromatic rings. The van der Waals surface area contributed by atoms with Gasteiger partial charge in [0.25, 0.3) is 5.91 Å². The highest BCUT2D eigenvalue weighted by molar-refractivity contribution is 6.31. The number of carbonyl (C=O) groups is 1. The zero-order valence-corrected chi connectivity index (χ0v) is 9.25. The second-order valence-electron chi connectivity index (χ2n) is 3.56. The van der Waals surface area contributed by atoms with Crippen LogP contribution < -0.4 is 0 Å². The Balaban J connectivity index is 2.21. The van der Waals surface area contributed by atoms with Crippen LogP contribution in [0.15, 0.2) is 18.2 Å². The van der Waals surface area contributed by atoms with Gasteiger partial charge in [0.1, 0.15) is 0 Å². The Morgan fingerprint density at radius 1 is 1.53 bits per heavy atom. The van der Waals surface area contributed by atoms with Gasteiger partial charge >= 0.3 is 0 Å². The predicted molar refractivity (Wildman–Crippen MR) is 57.8 cm³/mol. The fourth-order valence-electron chi connectivity index (χ4n) is 1.48. The summed E-state index contributed by atoms with van der Waals surface area (Å²) in [6.07, 6.45) is 0.894. The minimum Gasteiger partial charge on any atom is -0.271 e. The van der Waals surface area contributed by atoms with Crippen molar-refractivity contribution >= 4 is 17.5 Å². The van der Waals surface area contributed by atoms with E-state index >= 15 is 0 Å². The average molecular weight is 226 g/mol. The third-order valence-corrected chi connectivity index (χ3v) is 2.81. The molecule has 0 spiro atoms. The van der Waals surface area contributed by atoms with Gasteiger partial charge in [-0.05, 0) is 31.0 Å². The molecule has 15 heavy (non-hydrogen) atoms. The van der Waals surface area contributed by atoms with E-state index in [0.29, 0.717) is 23.7 Å². The molecule has 0 bridgehead atoms. The molecule has 1 aliphatic rings. The lowest BCUT2D eigenvalue weighted by atomic mass is 10.1. The number of rotatable bonds is 1. The monoisotopic (exact) mass is 225 g/mol. The number of carbonyl (C=O) groups excluding carboxylic acids is 1. The molecule has 3 nitrogen and oxygen atoms in total. The number of amides is 1. The van der Waals surface area contributed by atoms with Crippen molar-refractivity contribution in [2.24, 2.45) is 0 Å². The topological polar surface area (TPSA) is 29.5 Å². The van der Waals surface area contributed by atoms with Gasteiger partial charge in [0.05, 0.1) is 13.2 Å². The molecule has 1 heterocycles. The van der Waals surface area contributed by atoms with Gasteiger partial charge in [-0.3, -0.25) is 9.63 Å². The summed E-state index contributed by atoms with van der Waals surface area (Å²) in [7, 11) is 0. The van der Waals surface area contributed by atoms with Crippen LogP contribution in [0.2, 0.25) is 5.02 Å². The van der Waals surface area contributed by atoms with E-state index in [2.05, 4.69) is 0 Å². The smallest absolute Gasteiger partial charge is 0.271 e. The van der Waals surface area contributed by atoms with Crippen LogP contribution in [0.3, 0.4) is 0 Å². The predicted octanol–water partition coefficient (Wildman–Crippen LogP) is 2.43. The van der Waals surface area contributed by atoms with Gasteiger partial charge in [-0.15, -0.1) is 0 Å². The lowest BCUT2D eigenvalue weighted by Gasteiger charge is -2.14. The molecule has 0 unspecified atom stereocenters. The second kappa shape index (κ2) is 4.21. The number of hydrogen-bond acceptors (Lipinski definition) is 2. The van der Waals surface area contributed by atoms with Crippen LogP contribution in [0.5, 0.6) is 0 Å². The van der Waals surface area contributed by atoms with Gasteiger partial charge in [0.15, 0.2) is 0 Å². The van der Waals surface area contributed by atoms with E-state index in [9.17, 15) is 4.79 Å². The Bertz CT molecular complexity index is 386. The first-order valence-corrected chi connectivity index (χ1v) is 5.27. The first kappa shape index (κ1) is 10.5. The van der Waals surface area contributed by atoms with E-state index in [4.69, 9.17) is 16.4 Å². The molecule has 0 atom stereocenters. The molecule has 0 radical (unpaired) electrons. The maximum absolute atomic E-state index is 11.9. The van der Waals surface area contributed by atoms with E-state index in [0.717, 1.165) is 12.0 Å². The fraction of sp³-hybridized carbons (Fsp3) is 0.364. The summed E-state index contributed by atoms with van der Waals surface area (Å²) in [5.74, 6) is -0.116. The first-order valence-electron chi connectivity index (χ1n) is 4.89. The molecule has 0 saturated carbocycles. The third-order valence-electron chi connectivity index (χ3n) is 2.40. The van der Waals surface area contributed by atoms with Crippen molar-refractivity contribution in [3.8, 4) is 0 Å². The SMILES string of the molecule is Cc1ccc(C(=O)N2CCCO2)cc1Cl. The molecule has 0 N–H and O–H groups in total. The summed E-state index contributed by atoms with van der Waals surface area (Å²) in [6, 6.07) is 5.29. The van der Waals surface area contributed by atoms with Crippen molar-refractivity contribution < 1.29 is 9.63 Å². The molecule has 1 aliphatic heterocycles. The Labute approximate surface area is 93.5 Å². The quantitative estimate of drug-likeness (QED) is 0.735. The fourth-order valence-corrected chi connectivity index (χ4v) is 1.66. The van der Waals surface area contributed by atoms with Gasteiger partial charge in [0, 0.05) is 10.6 Å². The third kappa shape index (κ3) is 2.13. The maximum atomic E-state index is 11.9. The number of halogens is 1. The van der Waals surface area contributed by atoms with E-state index in [1.165, 1.54) is 5.06 Å². The second-order valence-corrected chi connectivity index (χ2v) is 3.97. The van der Waals surface area contributed by atoms with Crippen molar-refractivity contribution in [3.05, 3.63) is 34.3 Å². The van der Waals surface area contributed by atoms with Crippen molar-refractivity contribution in [1.29, 1.82) is 0 Å². The number of nitrogens with zero attached hydrogens (tertiary/aromatic N) is 1. The highest BCUT2D eigenvalue weighted by Crippen LogP contribution is 2.19. The van der Waals surface area contributed by atoms with Gasteiger partial charge in [-0.1, -0.05) is 17.7 Å². The van der Waals surface area contributed by atoms with E-state index < -0.39 is 0 Å². The first-order chi connectivity index (χ1) is 7.18. The van der Waals surface area contributed by atoms with E-state index in [-0.39, 0.29) is 5.91 Å². The van der Waals surface area contributed by atoms with Crippen LogP contribution in [-0.2, 0) is 4.84 Å². The minimum atomic E-state index is -0.116. The van der Waals surface area contributed by atoms with Crippen molar-refractivity contribution in [2.45, 2.75) is 13.3 Å². The highest BCUT2D eigenvalue weighted by Gasteiger charge is 2.20. The van der Waals surface area contributed by atoms with Crippen LogP contribution in [0.25, 0.3) is 0 Å². The minimum absolute atomic E-state index is 0.116. The largest absolute Gasteiger partial charge is 0.277 e. The molecule has 0 aliphatic carbocycles. The molecule has 0 aromatic heterocycles. The zero-order chi connectivity index (χ0) is 10.8. The summed E-state index contributed by atoms with van der Waals surface area (Å²) >= 11 is 5.95. The van der Waals surface area contributed by atoms with Crippen LogP contribution in [0, 0.1) is 6.92 Å². The Kier molecular flexibility index (Phi) is 2.93. The van der Waals surface area contributed by atoms with E-state index in [1.807, 2.05) is 13.0 Å². The Morgan fingerprint density at radius 2 is 2.33 bits per heavy atom. The van der Waals surface area contributed by atoms with Gasteiger partial charge in [-0.2, -0.15) is 0 Å². The lowest BCUT2D eigenvalue weighted by Crippen LogP contribution is -2.26. The molecule has 2 rings (SSSR count). The molecule has 1 saturated heterocycles. The summed E-state index contributed by atoms with van der Waals surface area (Å²) in [5, 5.41) is 2.00. The molecular formula is C11H12ClNO2. The Hall–Kier alpha value is -1.06. The van der Waals surface area contributed by atoms with Gasteiger partial charge in [0.2, 0.25) is 0 Å².